The number of carbonyl (C=O) groups is 3. The molecule has 36 heavy (non-hydrogen) atoms. The minimum Gasteiger partial charge on any atom is -0.475 e. The molecule has 0 bridgehead atoms. The molecule has 0 unspecified atom stereocenters. The molecule has 2 fully saturated rings. The van der Waals surface area contributed by atoms with Gasteiger partial charge in [0.2, 0.25) is 5.91 Å². The molecule has 0 radical (unpaired) electrons. The quantitative estimate of drug-likeness (QED) is 0.380. The molecule has 1 N–H and O–H groups in total. The summed E-state index contributed by atoms with van der Waals surface area (Å²) < 4.78 is 10.6. The number of hydrogen-bond acceptors (Lipinski definition) is 8. The molecule has 0 saturated carbocycles. The van der Waals surface area contributed by atoms with Crippen molar-refractivity contribution in [2.75, 3.05) is 37.9 Å². The number of β-lactam (4-membered cyclic amide) rings is 1. The standard InChI is InChI=1S/C25H33ClN4O5S/c1-6-28(7-2)12-13-34-24(33)20-25(4,5)36-23-18(22(32)30(20)23)27-21(31)19-15(3)35-14-29(19)17-11-9-8-10-16(17)26/h8-11,18,20,23H,6-7,12-14H2,1-5H3,(H,27,31)/t18-,20+,23-/m1/s1. The monoisotopic (exact) mass is 536 g/mol. The number of esters is 1. The predicted molar refractivity (Wildman–Crippen MR) is 139 cm³/mol. The molecule has 3 atom stereocenters. The molecule has 3 aliphatic heterocycles. The molecule has 1 aromatic rings. The summed E-state index contributed by atoms with van der Waals surface area (Å²) in [6, 6.07) is 5.73. The highest BCUT2D eigenvalue weighted by molar-refractivity contribution is 8.01. The number of ether oxygens (including phenoxy) is 2. The molecule has 1 aromatic carbocycles. The number of halogens is 1. The van der Waals surface area contributed by atoms with Crippen LogP contribution < -0.4 is 10.2 Å². The second kappa shape index (κ2) is 10.5. The van der Waals surface area contributed by atoms with Crippen molar-refractivity contribution in [1.29, 1.82) is 0 Å². The number of para-hydroxylation sites is 1. The Kier molecular flexibility index (Phi) is 7.78. The van der Waals surface area contributed by atoms with Crippen LogP contribution in [0.25, 0.3) is 0 Å². The number of hydrogen-bond donors (Lipinski definition) is 1. The number of nitrogens with one attached hydrogen (secondary N) is 1. The molecule has 11 heteroatoms. The summed E-state index contributed by atoms with van der Waals surface area (Å²) in [7, 11) is 0. The van der Waals surface area contributed by atoms with Gasteiger partial charge in [0.25, 0.3) is 5.91 Å². The highest BCUT2D eigenvalue weighted by Gasteiger charge is 2.64. The largest absolute Gasteiger partial charge is 0.475 e. The molecule has 0 aromatic heterocycles. The van der Waals surface area contributed by atoms with Gasteiger partial charge in [0.1, 0.15) is 35.5 Å². The Hall–Kier alpha value is -2.43. The number of amides is 2. The number of nitrogens with zero attached hydrogens (tertiary/aromatic N) is 3. The van der Waals surface area contributed by atoms with E-state index in [2.05, 4.69) is 24.1 Å². The number of anilines is 1. The van der Waals surface area contributed by atoms with Gasteiger partial charge in [-0.15, -0.1) is 11.8 Å². The van der Waals surface area contributed by atoms with Gasteiger partial charge in [-0.1, -0.05) is 37.6 Å². The van der Waals surface area contributed by atoms with Crippen molar-refractivity contribution < 1.29 is 23.9 Å². The molecule has 0 spiro atoms. The van der Waals surface area contributed by atoms with E-state index in [0.29, 0.717) is 28.7 Å². The van der Waals surface area contributed by atoms with Crippen LogP contribution in [0.4, 0.5) is 5.69 Å². The van der Waals surface area contributed by atoms with Gasteiger partial charge in [0, 0.05) is 11.3 Å². The first-order chi connectivity index (χ1) is 17.1. The van der Waals surface area contributed by atoms with E-state index in [1.165, 1.54) is 11.8 Å². The highest BCUT2D eigenvalue weighted by Crippen LogP contribution is 2.51. The Morgan fingerprint density at radius 2 is 1.97 bits per heavy atom. The van der Waals surface area contributed by atoms with Crippen LogP contribution in [0, 0.1) is 0 Å². The maximum Gasteiger partial charge on any atom is 0.330 e. The van der Waals surface area contributed by atoms with Crippen LogP contribution in [0.1, 0.15) is 34.6 Å². The van der Waals surface area contributed by atoms with E-state index in [1.54, 1.807) is 28.9 Å². The first-order valence-electron chi connectivity index (χ1n) is 12.2. The Morgan fingerprint density at radius 1 is 1.28 bits per heavy atom. The third-order valence-corrected chi connectivity index (χ3v) is 8.76. The summed E-state index contributed by atoms with van der Waals surface area (Å²) in [6.45, 7) is 12.5. The lowest BCUT2D eigenvalue weighted by Crippen LogP contribution is -2.71. The van der Waals surface area contributed by atoms with E-state index in [9.17, 15) is 14.4 Å². The maximum atomic E-state index is 13.3. The van der Waals surface area contributed by atoms with Crippen molar-refractivity contribution in [3.05, 3.63) is 40.7 Å². The number of allylic oxidation sites excluding steroid dienone is 1. The molecule has 3 aliphatic rings. The third kappa shape index (κ3) is 4.78. The fraction of sp³-hybridized carbons (Fsp3) is 0.560. The van der Waals surface area contributed by atoms with Gasteiger partial charge in [-0.05, 0) is 46.0 Å². The first-order valence-corrected chi connectivity index (χ1v) is 13.4. The van der Waals surface area contributed by atoms with Crippen molar-refractivity contribution >= 4 is 46.8 Å². The summed E-state index contributed by atoms with van der Waals surface area (Å²) in [5.74, 6) is -0.678. The van der Waals surface area contributed by atoms with E-state index in [0.717, 1.165) is 13.1 Å². The van der Waals surface area contributed by atoms with Gasteiger partial charge in [0.05, 0.1) is 10.7 Å². The third-order valence-electron chi connectivity index (χ3n) is 6.87. The van der Waals surface area contributed by atoms with Crippen LogP contribution >= 0.6 is 23.4 Å². The molecular formula is C25H33ClN4O5S. The van der Waals surface area contributed by atoms with Crippen molar-refractivity contribution in [1.82, 2.24) is 15.1 Å². The normalized spacial score (nSPS) is 24.5. The maximum absolute atomic E-state index is 13.3. The SMILES string of the molecule is CCN(CC)CCOC(=O)[C@@H]1N2C(=O)[C@@H](NC(=O)C3=C(C)OCN3c3ccccc3Cl)[C@H]2SC1(C)C. The zero-order valence-corrected chi connectivity index (χ0v) is 22.8. The van der Waals surface area contributed by atoms with Gasteiger partial charge in [-0.25, -0.2) is 4.79 Å². The first kappa shape index (κ1) is 26.6. The van der Waals surface area contributed by atoms with E-state index in [1.807, 2.05) is 26.0 Å². The van der Waals surface area contributed by atoms with Crippen LogP contribution in [0.2, 0.25) is 5.02 Å². The number of likely N-dealkylation sites (N-methyl/N-ethyl adjacent to an activating group) is 1. The summed E-state index contributed by atoms with van der Waals surface area (Å²) in [6.07, 6.45) is 0. The number of rotatable bonds is 9. The molecule has 196 valence electrons. The predicted octanol–water partition coefficient (Wildman–Crippen LogP) is 2.80. The number of benzene rings is 1. The second-order valence-corrected chi connectivity index (χ2v) is 11.6. The summed E-state index contributed by atoms with van der Waals surface area (Å²) in [5, 5.41) is 3.00. The fourth-order valence-electron chi connectivity index (χ4n) is 4.86. The van der Waals surface area contributed by atoms with E-state index in [4.69, 9.17) is 21.1 Å². The zero-order valence-electron chi connectivity index (χ0n) is 21.2. The van der Waals surface area contributed by atoms with E-state index in [-0.39, 0.29) is 24.6 Å². The van der Waals surface area contributed by atoms with Crippen LogP contribution in [0.15, 0.2) is 35.7 Å². The Bertz CT molecular complexity index is 1080. The summed E-state index contributed by atoms with van der Waals surface area (Å²) in [4.78, 5) is 44.9. The fourth-order valence-corrected chi connectivity index (χ4v) is 6.72. The second-order valence-electron chi connectivity index (χ2n) is 9.46. The van der Waals surface area contributed by atoms with E-state index < -0.39 is 28.7 Å². The molecule has 4 rings (SSSR count). The molecule has 2 amide bonds. The lowest BCUT2D eigenvalue weighted by atomic mass is 9.96. The number of fused-ring (bicyclic) bond motifs is 1. The Labute approximate surface area is 221 Å². The average Bonchev–Trinajstić information content (AvgIpc) is 3.35. The van der Waals surface area contributed by atoms with Gasteiger partial charge in [-0.2, -0.15) is 0 Å². The molecule has 9 nitrogen and oxygen atoms in total. The zero-order chi connectivity index (χ0) is 26.2. The van der Waals surface area contributed by atoms with Gasteiger partial charge < -0.3 is 24.6 Å². The van der Waals surface area contributed by atoms with Crippen molar-refractivity contribution in [3.8, 4) is 0 Å². The van der Waals surface area contributed by atoms with Crippen LogP contribution in [0.3, 0.4) is 0 Å². The average molecular weight is 537 g/mol. The summed E-state index contributed by atoms with van der Waals surface area (Å²) >= 11 is 7.84. The molecule has 2 saturated heterocycles. The van der Waals surface area contributed by atoms with Gasteiger partial charge in [0.15, 0.2) is 6.73 Å². The minimum atomic E-state index is -0.746. The van der Waals surface area contributed by atoms with Crippen LogP contribution in [-0.4, -0.2) is 82.8 Å². The van der Waals surface area contributed by atoms with Crippen LogP contribution in [0.5, 0.6) is 0 Å². The topological polar surface area (TPSA) is 91.4 Å². The smallest absolute Gasteiger partial charge is 0.330 e. The number of thioether (sulfide) groups is 1. The highest BCUT2D eigenvalue weighted by atomic mass is 35.5. The Balaban J connectivity index is 1.43. The Morgan fingerprint density at radius 3 is 2.64 bits per heavy atom. The molecule has 0 aliphatic carbocycles. The van der Waals surface area contributed by atoms with Crippen molar-refractivity contribution in [2.24, 2.45) is 0 Å². The number of carbonyl (C=O) groups excluding carboxylic acids is 3. The van der Waals surface area contributed by atoms with Crippen LogP contribution in [-0.2, 0) is 23.9 Å². The minimum absolute atomic E-state index is 0.148. The molecular weight excluding hydrogens is 504 g/mol. The summed E-state index contributed by atoms with van der Waals surface area (Å²) in [5.41, 5.74) is 0.954. The molecule has 3 heterocycles. The van der Waals surface area contributed by atoms with Crippen molar-refractivity contribution in [3.63, 3.8) is 0 Å². The van der Waals surface area contributed by atoms with E-state index >= 15 is 0 Å². The van der Waals surface area contributed by atoms with Gasteiger partial charge in [-0.3, -0.25) is 14.5 Å². The lowest BCUT2D eigenvalue weighted by molar-refractivity contribution is -0.164. The lowest BCUT2D eigenvalue weighted by Gasteiger charge is -2.44. The van der Waals surface area contributed by atoms with Crippen molar-refractivity contribution in [2.45, 2.75) is 56.8 Å². The van der Waals surface area contributed by atoms with Gasteiger partial charge >= 0.3 is 5.97 Å².